The topological polar surface area (TPSA) is 73.3 Å². The fourth-order valence-corrected chi connectivity index (χ4v) is 1.80. The van der Waals surface area contributed by atoms with Gasteiger partial charge in [-0.1, -0.05) is 6.92 Å². The fourth-order valence-electron chi connectivity index (χ4n) is 1.80. The van der Waals surface area contributed by atoms with Crippen LogP contribution in [0.1, 0.15) is 34.8 Å². The Hall–Kier alpha value is -1.29. The number of aromatic amines is 1. The van der Waals surface area contributed by atoms with Crippen molar-refractivity contribution in [2.45, 2.75) is 19.4 Å². The number of fused-ring (bicyclic) bond motifs is 1. The lowest BCUT2D eigenvalue weighted by Gasteiger charge is -2.07. The van der Waals surface area contributed by atoms with Crippen LogP contribution in [0.25, 0.3) is 0 Å². The number of hydrogen-bond acceptors (Lipinski definition) is 2. The molecule has 2 rings (SSSR count). The molecular weight excluding hydrogens is 170 g/mol. The zero-order valence-corrected chi connectivity index (χ0v) is 7.24. The molecule has 1 aliphatic rings. The largest absolute Gasteiger partial charge is 0.477 e. The van der Waals surface area contributed by atoms with Crippen LogP contribution < -0.4 is 0 Å². The summed E-state index contributed by atoms with van der Waals surface area (Å²) in [4.78, 5) is 13.3. The van der Waals surface area contributed by atoms with Crippen LogP contribution in [0.15, 0.2) is 6.07 Å². The molecule has 4 heteroatoms. The minimum atomic E-state index is -0.978. The fraction of sp³-hybridized carbons (Fsp3) is 0.444. The van der Waals surface area contributed by atoms with E-state index in [9.17, 15) is 9.90 Å². The van der Waals surface area contributed by atoms with E-state index in [0.717, 1.165) is 12.0 Å². The van der Waals surface area contributed by atoms with Crippen LogP contribution in [0.3, 0.4) is 0 Å². The molecule has 1 heterocycles. The van der Waals surface area contributed by atoms with Crippen LogP contribution >= 0.6 is 0 Å². The SMILES string of the molecule is CC1Cc2cc(C(=O)O)[nH]c2[C@@H]1O. The Balaban J connectivity index is 2.40. The van der Waals surface area contributed by atoms with E-state index in [1.165, 1.54) is 0 Å². The number of carbonyl (C=O) groups is 1. The van der Waals surface area contributed by atoms with E-state index in [-0.39, 0.29) is 11.6 Å². The second kappa shape index (κ2) is 2.60. The van der Waals surface area contributed by atoms with Crippen LogP contribution in [0.4, 0.5) is 0 Å². The third kappa shape index (κ3) is 1.14. The van der Waals surface area contributed by atoms with Crippen molar-refractivity contribution in [1.82, 2.24) is 4.98 Å². The molecule has 0 saturated carbocycles. The monoisotopic (exact) mass is 181 g/mol. The van der Waals surface area contributed by atoms with Gasteiger partial charge >= 0.3 is 5.97 Å². The highest BCUT2D eigenvalue weighted by atomic mass is 16.4. The van der Waals surface area contributed by atoms with Crippen LogP contribution in [-0.2, 0) is 6.42 Å². The van der Waals surface area contributed by atoms with Gasteiger partial charge in [0.15, 0.2) is 0 Å². The van der Waals surface area contributed by atoms with Crippen molar-refractivity contribution in [3.63, 3.8) is 0 Å². The van der Waals surface area contributed by atoms with Gasteiger partial charge in [0.05, 0.1) is 6.10 Å². The predicted octanol–water partition coefficient (Wildman–Crippen LogP) is 0.938. The number of aliphatic hydroxyl groups is 1. The van der Waals surface area contributed by atoms with E-state index in [4.69, 9.17) is 5.11 Å². The molecule has 0 saturated heterocycles. The number of aromatic nitrogens is 1. The second-order valence-corrected chi connectivity index (χ2v) is 3.55. The Kier molecular flexibility index (Phi) is 1.66. The first-order chi connectivity index (χ1) is 6.09. The van der Waals surface area contributed by atoms with Crippen molar-refractivity contribution in [1.29, 1.82) is 0 Å². The van der Waals surface area contributed by atoms with Crippen molar-refractivity contribution in [3.8, 4) is 0 Å². The lowest BCUT2D eigenvalue weighted by atomic mass is 10.1. The van der Waals surface area contributed by atoms with E-state index >= 15 is 0 Å². The summed E-state index contributed by atoms with van der Waals surface area (Å²) in [5, 5.41) is 18.3. The summed E-state index contributed by atoms with van der Waals surface area (Å²) >= 11 is 0. The zero-order valence-electron chi connectivity index (χ0n) is 7.24. The Morgan fingerprint density at radius 2 is 2.38 bits per heavy atom. The third-order valence-electron chi connectivity index (χ3n) is 2.54. The van der Waals surface area contributed by atoms with Crippen molar-refractivity contribution in [2.75, 3.05) is 0 Å². The number of aromatic carboxylic acids is 1. The number of hydrogen-bond donors (Lipinski definition) is 3. The molecule has 2 atom stereocenters. The summed E-state index contributed by atoms with van der Waals surface area (Å²) in [5.74, 6) is -0.793. The molecular formula is C9H11NO3. The van der Waals surface area contributed by atoms with Crippen LogP contribution in [-0.4, -0.2) is 21.2 Å². The average molecular weight is 181 g/mol. The summed E-state index contributed by atoms with van der Waals surface area (Å²) in [6.45, 7) is 1.94. The van der Waals surface area contributed by atoms with Crippen molar-refractivity contribution >= 4 is 5.97 Å². The van der Waals surface area contributed by atoms with Gasteiger partial charge in [0, 0.05) is 5.69 Å². The molecule has 4 nitrogen and oxygen atoms in total. The molecule has 0 aromatic carbocycles. The molecule has 0 radical (unpaired) electrons. The number of aliphatic hydroxyl groups excluding tert-OH is 1. The molecule has 0 spiro atoms. The number of rotatable bonds is 1. The minimum Gasteiger partial charge on any atom is -0.477 e. The summed E-state index contributed by atoms with van der Waals surface area (Å²) in [6.07, 6.45) is 0.211. The lowest BCUT2D eigenvalue weighted by molar-refractivity contribution is 0.0689. The molecule has 70 valence electrons. The number of H-pyrrole nitrogens is 1. The first-order valence-corrected chi connectivity index (χ1v) is 4.22. The van der Waals surface area contributed by atoms with Crippen molar-refractivity contribution in [2.24, 2.45) is 5.92 Å². The van der Waals surface area contributed by atoms with Crippen LogP contribution in [0.2, 0.25) is 0 Å². The second-order valence-electron chi connectivity index (χ2n) is 3.55. The van der Waals surface area contributed by atoms with Gasteiger partial charge in [0.2, 0.25) is 0 Å². The van der Waals surface area contributed by atoms with E-state index in [1.807, 2.05) is 6.92 Å². The first kappa shape index (κ1) is 8.31. The van der Waals surface area contributed by atoms with Gasteiger partial charge in [-0.3, -0.25) is 0 Å². The number of nitrogens with one attached hydrogen (secondary N) is 1. The average Bonchev–Trinajstić information content (AvgIpc) is 2.55. The van der Waals surface area contributed by atoms with Crippen molar-refractivity contribution in [3.05, 3.63) is 23.0 Å². The van der Waals surface area contributed by atoms with E-state index in [2.05, 4.69) is 4.98 Å². The van der Waals surface area contributed by atoms with Crippen LogP contribution in [0.5, 0.6) is 0 Å². The van der Waals surface area contributed by atoms with Gasteiger partial charge in [0.1, 0.15) is 5.69 Å². The van der Waals surface area contributed by atoms with Crippen LogP contribution in [0, 0.1) is 5.92 Å². The van der Waals surface area contributed by atoms with E-state index < -0.39 is 12.1 Å². The molecule has 1 aliphatic carbocycles. The normalized spacial score (nSPS) is 26.0. The predicted molar refractivity (Wildman–Crippen MR) is 45.6 cm³/mol. The zero-order chi connectivity index (χ0) is 9.59. The number of carboxylic acid groups (broad SMARTS) is 1. The highest BCUT2D eigenvalue weighted by Crippen LogP contribution is 2.35. The molecule has 0 bridgehead atoms. The summed E-state index contributed by atoms with van der Waals surface area (Å²) < 4.78 is 0. The Morgan fingerprint density at radius 3 is 2.92 bits per heavy atom. The molecule has 0 fully saturated rings. The maximum Gasteiger partial charge on any atom is 0.352 e. The van der Waals surface area contributed by atoms with Gasteiger partial charge in [-0.2, -0.15) is 0 Å². The molecule has 1 unspecified atom stereocenters. The molecule has 0 aliphatic heterocycles. The standard InChI is InChI=1S/C9H11NO3/c1-4-2-5-3-6(9(12)13)10-7(5)8(4)11/h3-4,8,10-11H,2H2,1H3,(H,12,13)/t4?,8-/m1/s1. The first-order valence-electron chi connectivity index (χ1n) is 4.22. The smallest absolute Gasteiger partial charge is 0.352 e. The maximum atomic E-state index is 10.6. The summed E-state index contributed by atoms with van der Waals surface area (Å²) in [6, 6.07) is 1.60. The minimum absolute atomic E-state index is 0.163. The Morgan fingerprint density at radius 1 is 1.69 bits per heavy atom. The third-order valence-corrected chi connectivity index (χ3v) is 2.54. The molecule has 0 amide bonds. The summed E-state index contributed by atoms with van der Waals surface area (Å²) in [7, 11) is 0. The Bertz CT molecular complexity index is 356. The highest BCUT2D eigenvalue weighted by Gasteiger charge is 2.30. The molecule has 1 aromatic heterocycles. The van der Waals surface area contributed by atoms with Gasteiger partial charge in [-0.05, 0) is 24.0 Å². The summed E-state index contributed by atoms with van der Waals surface area (Å²) in [5.41, 5.74) is 1.76. The van der Waals surface area contributed by atoms with Crippen molar-refractivity contribution < 1.29 is 15.0 Å². The maximum absolute atomic E-state index is 10.6. The highest BCUT2D eigenvalue weighted by molar-refractivity contribution is 5.86. The molecule has 3 N–H and O–H groups in total. The van der Waals surface area contributed by atoms with E-state index in [1.54, 1.807) is 6.07 Å². The molecule has 1 aromatic rings. The van der Waals surface area contributed by atoms with Gasteiger partial charge in [-0.25, -0.2) is 4.79 Å². The number of carboxylic acids is 1. The quantitative estimate of drug-likeness (QED) is 0.603. The Labute approximate surface area is 75.2 Å². The van der Waals surface area contributed by atoms with Gasteiger partial charge < -0.3 is 15.2 Å². The van der Waals surface area contributed by atoms with Gasteiger partial charge in [0.25, 0.3) is 0 Å². The lowest BCUT2D eigenvalue weighted by Crippen LogP contribution is -2.05. The van der Waals surface area contributed by atoms with Gasteiger partial charge in [-0.15, -0.1) is 0 Å². The van der Waals surface area contributed by atoms with E-state index in [0.29, 0.717) is 5.69 Å². The molecule has 13 heavy (non-hydrogen) atoms.